The Labute approximate surface area is 121 Å². The standard InChI is InChI=1S/C14H14ClN3O2/c15-11-5-3-9(4-6-11)13-17-12(20-18-13)7-8-16-14(19)10-1-2-10/h3-6,10H,1-2,7-8H2,(H,16,19). The van der Waals surface area contributed by atoms with E-state index in [9.17, 15) is 4.79 Å². The van der Waals surface area contributed by atoms with Crippen molar-refractivity contribution in [1.82, 2.24) is 15.5 Å². The fourth-order valence-corrected chi connectivity index (χ4v) is 1.98. The van der Waals surface area contributed by atoms with Gasteiger partial charge in [-0.05, 0) is 37.1 Å². The van der Waals surface area contributed by atoms with Gasteiger partial charge in [-0.1, -0.05) is 16.8 Å². The molecule has 1 heterocycles. The van der Waals surface area contributed by atoms with Crippen LogP contribution in [0.25, 0.3) is 11.4 Å². The topological polar surface area (TPSA) is 68.0 Å². The number of amides is 1. The number of rotatable bonds is 5. The Morgan fingerprint density at radius 2 is 2.10 bits per heavy atom. The highest BCUT2D eigenvalue weighted by Crippen LogP contribution is 2.28. The largest absolute Gasteiger partial charge is 0.355 e. The summed E-state index contributed by atoms with van der Waals surface area (Å²) in [7, 11) is 0. The molecule has 0 saturated heterocycles. The van der Waals surface area contributed by atoms with Crippen LogP contribution < -0.4 is 5.32 Å². The Morgan fingerprint density at radius 3 is 2.80 bits per heavy atom. The van der Waals surface area contributed by atoms with Crippen LogP contribution in [0.15, 0.2) is 28.8 Å². The fraction of sp³-hybridized carbons (Fsp3) is 0.357. The zero-order chi connectivity index (χ0) is 13.9. The monoisotopic (exact) mass is 291 g/mol. The maximum absolute atomic E-state index is 11.5. The van der Waals surface area contributed by atoms with Gasteiger partial charge in [-0.3, -0.25) is 4.79 Å². The highest BCUT2D eigenvalue weighted by atomic mass is 35.5. The van der Waals surface area contributed by atoms with E-state index in [2.05, 4.69) is 15.5 Å². The van der Waals surface area contributed by atoms with E-state index in [0.29, 0.717) is 29.7 Å². The SMILES string of the molecule is O=C(NCCc1nc(-c2ccc(Cl)cc2)no1)C1CC1. The number of carbonyl (C=O) groups is 1. The molecule has 6 heteroatoms. The third kappa shape index (κ3) is 3.17. The number of nitrogens with zero attached hydrogens (tertiary/aromatic N) is 2. The van der Waals surface area contributed by atoms with Gasteiger partial charge in [0.25, 0.3) is 0 Å². The van der Waals surface area contributed by atoms with Gasteiger partial charge in [0.15, 0.2) is 0 Å². The van der Waals surface area contributed by atoms with Gasteiger partial charge >= 0.3 is 0 Å². The van der Waals surface area contributed by atoms with Crippen molar-refractivity contribution in [2.45, 2.75) is 19.3 Å². The van der Waals surface area contributed by atoms with Crippen LogP contribution in [0.5, 0.6) is 0 Å². The number of hydrogen-bond donors (Lipinski definition) is 1. The van der Waals surface area contributed by atoms with Crippen LogP contribution in [0.1, 0.15) is 18.7 Å². The molecule has 20 heavy (non-hydrogen) atoms. The van der Waals surface area contributed by atoms with Crippen molar-refractivity contribution >= 4 is 17.5 Å². The first kappa shape index (κ1) is 13.1. The minimum absolute atomic E-state index is 0.127. The van der Waals surface area contributed by atoms with Crippen LogP contribution in [0.4, 0.5) is 0 Å². The average molecular weight is 292 g/mol. The van der Waals surface area contributed by atoms with Crippen LogP contribution in [-0.2, 0) is 11.2 Å². The smallest absolute Gasteiger partial charge is 0.228 e. The highest BCUT2D eigenvalue weighted by Gasteiger charge is 2.29. The molecule has 1 aromatic carbocycles. The highest BCUT2D eigenvalue weighted by molar-refractivity contribution is 6.30. The van der Waals surface area contributed by atoms with Gasteiger partial charge < -0.3 is 9.84 Å². The van der Waals surface area contributed by atoms with Crippen LogP contribution in [0.2, 0.25) is 5.02 Å². The van der Waals surface area contributed by atoms with Crippen LogP contribution >= 0.6 is 11.6 Å². The quantitative estimate of drug-likeness (QED) is 0.919. The predicted molar refractivity (Wildman–Crippen MR) is 74.2 cm³/mol. The molecule has 0 unspecified atom stereocenters. The second kappa shape index (κ2) is 5.63. The lowest BCUT2D eigenvalue weighted by atomic mass is 10.2. The lowest BCUT2D eigenvalue weighted by molar-refractivity contribution is -0.122. The molecule has 1 fully saturated rings. The van der Waals surface area contributed by atoms with E-state index >= 15 is 0 Å². The molecule has 0 aliphatic heterocycles. The first-order valence-corrected chi connectivity index (χ1v) is 6.96. The second-order valence-corrected chi connectivity index (χ2v) is 5.27. The molecule has 1 amide bonds. The molecule has 1 aliphatic rings. The third-order valence-electron chi connectivity index (χ3n) is 3.16. The normalized spacial score (nSPS) is 14.2. The van der Waals surface area contributed by atoms with E-state index in [1.165, 1.54) is 0 Å². The molecule has 3 rings (SSSR count). The van der Waals surface area contributed by atoms with Crippen LogP contribution in [0.3, 0.4) is 0 Å². The molecule has 1 saturated carbocycles. The minimum Gasteiger partial charge on any atom is -0.355 e. The van der Waals surface area contributed by atoms with Crippen molar-refractivity contribution in [2.24, 2.45) is 5.92 Å². The average Bonchev–Trinajstić information content (AvgIpc) is 3.20. The van der Waals surface area contributed by atoms with Gasteiger partial charge in [-0.2, -0.15) is 4.98 Å². The number of carbonyl (C=O) groups excluding carboxylic acids is 1. The molecule has 2 aromatic rings. The molecular weight excluding hydrogens is 278 g/mol. The van der Waals surface area contributed by atoms with Crippen molar-refractivity contribution in [3.05, 3.63) is 35.2 Å². The van der Waals surface area contributed by atoms with Gasteiger partial charge in [0.2, 0.25) is 17.6 Å². The maximum Gasteiger partial charge on any atom is 0.228 e. The fourth-order valence-electron chi connectivity index (χ4n) is 1.86. The molecule has 1 aliphatic carbocycles. The molecule has 104 valence electrons. The number of aromatic nitrogens is 2. The zero-order valence-corrected chi connectivity index (χ0v) is 11.6. The number of benzene rings is 1. The Balaban J connectivity index is 1.56. The molecule has 1 aromatic heterocycles. The number of halogens is 1. The Hall–Kier alpha value is -1.88. The van der Waals surface area contributed by atoms with E-state index in [0.717, 1.165) is 18.4 Å². The summed E-state index contributed by atoms with van der Waals surface area (Å²) in [6.07, 6.45) is 2.55. The summed E-state index contributed by atoms with van der Waals surface area (Å²) in [5.74, 6) is 1.40. The van der Waals surface area contributed by atoms with Crippen molar-refractivity contribution in [1.29, 1.82) is 0 Å². The van der Waals surface area contributed by atoms with Gasteiger partial charge in [0, 0.05) is 29.5 Å². The van der Waals surface area contributed by atoms with Crippen molar-refractivity contribution in [3.8, 4) is 11.4 Å². The summed E-state index contributed by atoms with van der Waals surface area (Å²) in [6, 6.07) is 7.24. The lowest BCUT2D eigenvalue weighted by Gasteiger charge is -2.00. The first-order chi connectivity index (χ1) is 9.72. The van der Waals surface area contributed by atoms with Crippen molar-refractivity contribution < 1.29 is 9.32 Å². The van der Waals surface area contributed by atoms with E-state index in [4.69, 9.17) is 16.1 Å². The molecule has 1 N–H and O–H groups in total. The number of hydrogen-bond acceptors (Lipinski definition) is 4. The summed E-state index contributed by atoms with van der Waals surface area (Å²) in [6.45, 7) is 0.525. The van der Waals surface area contributed by atoms with E-state index in [1.54, 1.807) is 12.1 Å². The van der Waals surface area contributed by atoms with E-state index in [1.807, 2.05) is 12.1 Å². The molecule has 5 nitrogen and oxygen atoms in total. The van der Waals surface area contributed by atoms with E-state index < -0.39 is 0 Å². The van der Waals surface area contributed by atoms with Gasteiger partial charge in [-0.25, -0.2) is 0 Å². The maximum atomic E-state index is 11.5. The third-order valence-corrected chi connectivity index (χ3v) is 3.41. The summed E-state index contributed by atoms with van der Waals surface area (Å²) in [5.41, 5.74) is 0.853. The number of nitrogens with one attached hydrogen (secondary N) is 1. The Kier molecular flexibility index (Phi) is 3.69. The summed E-state index contributed by atoms with van der Waals surface area (Å²) < 4.78 is 5.16. The Bertz CT molecular complexity index is 605. The van der Waals surface area contributed by atoms with Gasteiger partial charge in [0.05, 0.1) is 0 Å². The molecule has 0 radical (unpaired) electrons. The van der Waals surface area contributed by atoms with Crippen molar-refractivity contribution in [3.63, 3.8) is 0 Å². The molecule has 0 atom stereocenters. The summed E-state index contributed by atoms with van der Waals surface area (Å²) in [4.78, 5) is 15.8. The van der Waals surface area contributed by atoms with Gasteiger partial charge in [-0.15, -0.1) is 0 Å². The second-order valence-electron chi connectivity index (χ2n) is 4.83. The first-order valence-electron chi connectivity index (χ1n) is 6.58. The van der Waals surface area contributed by atoms with Crippen LogP contribution in [0, 0.1) is 5.92 Å². The Morgan fingerprint density at radius 1 is 1.35 bits per heavy atom. The lowest BCUT2D eigenvalue weighted by Crippen LogP contribution is -2.26. The van der Waals surface area contributed by atoms with Gasteiger partial charge in [0.1, 0.15) is 0 Å². The van der Waals surface area contributed by atoms with Crippen molar-refractivity contribution in [2.75, 3.05) is 6.54 Å². The van der Waals surface area contributed by atoms with Crippen LogP contribution in [-0.4, -0.2) is 22.6 Å². The van der Waals surface area contributed by atoms with E-state index in [-0.39, 0.29) is 11.8 Å². The summed E-state index contributed by atoms with van der Waals surface area (Å²) >= 11 is 5.83. The minimum atomic E-state index is 0.127. The molecule has 0 spiro atoms. The zero-order valence-electron chi connectivity index (χ0n) is 10.8. The molecular formula is C14H14ClN3O2. The predicted octanol–water partition coefficient (Wildman–Crippen LogP) is 2.46. The summed E-state index contributed by atoms with van der Waals surface area (Å²) in [5, 5.41) is 7.45. The molecule has 0 bridgehead atoms.